The van der Waals surface area contributed by atoms with Crippen molar-refractivity contribution in [2.75, 3.05) is 0 Å². The summed E-state index contributed by atoms with van der Waals surface area (Å²) in [4.78, 5) is 0. The Hall–Kier alpha value is -1.16. The normalized spacial score (nSPS) is 44.8. The van der Waals surface area contributed by atoms with Gasteiger partial charge >= 0.3 is 0 Å². The van der Waals surface area contributed by atoms with Crippen LogP contribution in [0.2, 0.25) is 0 Å². The third-order valence-electron chi connectivity index (χ3n) is 7.99. The lowest BCUT2D eigenvalue weighted by atomic mass is 9.61. The minimum absolute atomic E-state index is 0.102. The molecule has 0 saturated heterocycles. The first-order chi connectivity index (χ1) is 18.1. The molecule has 0 spiro atoms. The van der Waals surface area contributed by atoms with Gasteiger partial charge in [-0.2, -0.15) is 0 Å². The summed E-state index contributed by atoms with van der Waals surface area (Å²) in [6, 6.07) is 0. The van der Waals surface area contributed by atoms with Crippen LogP contribution in [-0.4, -0.2) is 33.1 Å². The number of aliphatic hydroxyl groups is 3. The van der Waals surface area contributed by atoms with Crippen LogP contribution in [-0.2, 0) is 0 Å². The first-order valence-corrected chi connectivity index (χ1v) is 11.5. The zero-order valence-corrected chi connectivity index (χ0v) is 18.8. The fourth-order valence-corrected chi connectivity index (χ4v) is 6.17. The molecule has 0 aromatic rings. The van der Waals surface area contributed by atoms with Crippen LogP contribution < -0.4 is 0 Å². The van der Waals surface area contributed by atoms with Gasteiger partial charge < -0.3 is 15.3 Å². The highest BCUT2D eigenvalue weighted by molar-refractivity contribution is 5.38. The van der Waals surface area contributed by atoms with E-state index in [2.05, 4.69) is 19.6 Å². The van der Waals surface area contributed by atoms with Crippen molar-refractivity contribution in [2.45, 2.75) is 97.2 Å². The summed E-state index contributed by atoms with van der Waals surface area (Å²) >= 11 is 0. The molecule has 0 heterocycles. The molecule has 3 aliphatic rings. The average molecular weight is 438 g/mol. The molecule has 3 rings (SSSR count). The van der Waals surface area contributed by atoms with E-state index >= 15 is 0 Å². The predicted octanol–water partition coefficient (Wildman–Crippen LogP) is 5.73. The third-order valence-corrected chi connectivity index (χ3v) is 7.99. The van der Waals surface area contributed by atoms with Crippen molar-refractivity contribution in [3.63, 3.8) is 0 Å². The summed E-state index contributed by atoms with van der Waals surface area (Å²) in [7, 11) is 0. The quantitative estimate of drug-likeness (QED) is 0.482. The van der Waals surface area contributed by atoms with Gasteiger partial charge in [-0.25, -0.2) is 0 Å². The Labute approximate surface area is 202 Å². The maximum Gasteiger partial charge on any atom is 0.0811 e. The van der Waals surface area contributed by atoms with E-state index in [0.29, 0.717) is 18.4 Å². The first kappa shape index (κ1) is 14.9. The zero-order chi connectivity index (χ0) is 30.5. The molecular weight excluding hydrogens is 384 g/mol. The average Bonchev–Trinajstić information content (AvgIpc) is 3.15. The second-order valence-corrected chi connectivity index (χ2v) is 10.2. The molecule has 0 aromatic carbocycles. The molecule has 3 saturated carbocycles. The second kappa shape index (κ2) is 9.37. The van der Waals surface area contributed by atoms with Crippen molar-refractivity contribution in [2.24, 2.45) is 29.1 Å². The zero-order valence-electron chi connectivity index (χ0n) is 27.8. The SMILES string of the molecule is [2H]C([2H])([2H])[C@@H](/C=C/[C@@H](C)[C@H]1CC[C@H]2/C(=C/C=C3/C[C@@H](O)C[C@H](O)C3=C)CCC[C@]12C)C(O)(C([2H])([2H])[2H])C([2H])([2H])[2H]. The van der Waals surface area contributed by atoms with Crippen molar-refractivity contribution >= 4 is 0 Å². The van der Waals surface area contributed by atoms with Crippen molar-refractivity contribution in [1.82, 2.24) is 0 Å². The van der Waals surface area contributed by atoms with E-state index in [4.69, 9.17) is 12.3 Å². The highest BCUT2D eigenvalue weighted by atomic mass is 16.3. The fourth-order valence-electron chi connectivity index (χ4n) is 6.17. The lowest BCUT2D eigenvalue weighted by Gasteiger charge is -2.44. The largest absolute Gasteiger partial charge is 0.393 e. The smallest absolute Gasteiger partial charge is 0.0811 e. The number of rotatable bonds is 5. The molecule has 0 amide bonds. The van der Waals surface area contributed by atoms with E-state index in [1.807, 2.05) is 13.0 Å². The van der Waals surface area contributed by atoms with Gasteiger partial charge in [0.2, 0.25) is 0 Å². The van der Waals surface area contributed by atoms with Crippen LogP contribution in [0.5, 0.6) is 0 Å². The van der Waals surface area contributed by atoms with Crippen molar-refractivity contribution in [3.8, 4) is 0 Å². The Morgan fingerprint density at radius 2 is 2.00 bits per heavy atom. The molecule has 0 radical (unpaired) electrons. The molecule has 0 bridgehead atoms. The Morgan fingerprint density at radius 1 is 1.23 bits per heavy atom. The molecule has 3 heteroatoms. The van der Waals surface area contributed by atoms with Crippen LogP contribution in [0.1, 0.15) is 91.7 Å². The van der Waals surface area contributed by atoms with Gasteiger partial charge in [-0.05, 0) is 86.5 Å². The fraction of sp³-hybridized carbons (Fsp3) is 0.714. The van der Waals surface area contributed by atoms with Gasteiger partial charge in [-0.1, -0.05) is 57.2 Å². The summed E-state index contributed by atoms with van der Waals surface area (Å²) in [5.41, 5.74) is -0.747. The van der Waals surface area contributed by atoms with Gasteiger partial charge in [0.15, 0.2) is 0 Å². The summed E-state index contributed by atoms with van der Waals surface area (Å²) in [6.07, 6.45) is 10.8. The molecule has 31 heavy (non-hydrogen) atoms. The number of aliphatic hydroxyl groups excluding tert-OH is 2. The predicted molar refractivity (Wildman–Crippen MR) is 128 cm³/mol. The molecule has 3 nitrogen and oxygen atoms in total. The Morgan fingerprint density at radius 3 is 2.71 bits per heavy atom. The van der Waals surface area contributed by atoms with Crippen LogP contribution in [0.15, 0.2) is 47.6 Å². The van der Waals surface area contributed by atoms with E-state index in [1.54, 1.807) is 6.08 Å². The van der Waals surface area contributed by atoms with E-state index < -0.39 is 44.3 Å². The Bertz CT molecular complexity index is 1020. The summed E-state index contributed by atoms with van der Waals surface area (Å²) in [5, 5.41) is 31.2. The van der Waals surface area contributed by atoms with Crippen LogP contribution in [0, 0.1) is 29.1 Å². The highest BCUT2D eigenvalue weighted by Gasteiger charge is 2.50. The van der Waals surface area contributed by atoms with Crippen molar-refractivity contribution in [1.29, 1.82) is 0 Å². The highest BCUT2D eigenvalue weighted by Crippen LogP contribution is 2.59. The minimum atomic E-state index is -3.44. The van der Waals surface area contributed by atoms with Crippen molar-refractivity contribution < 1.29 is 27.7 Å². The molecule has 3 N–H and O–H groups in total. The van der Waals surface area contributed by atoms with Gasteiger partial charge in [-0.3, -0.25) is 0 Å². The van der Waals surface area contributed by atoms with Crippen LogP contribution in [0.4, 0.5) is 0 Å². The topological polar surface area (TPSA) is 60.7 Å². The standard InChI is InChI=1S/C28H44O3/c1-18(9-10-19(2)27(4,5)31)24-13-14-25-21(8-7-15-28(24,25)6)11-12-22-16-23(29)17-26(30)20(22)3/h9-12,18-19,23-26,29-31H,3,7-8,13-17H2,1-2,4-6H3/b10-9+,21-11+,22-12-/t18-,19+,23-,24-,25+,26+,28-/m1/s1/i2D3,4D3,5D3. The van der Waals surface area contributed by atoms with Gasteiger partial charge in [0.1, 0.15) is 0 Å². The monoisotopic (exact) mass is 437 g/mol. The van der Waals surface area contributed by atoms with Gasteiger partial charge in [0.05, 0.1) is 17.8 Å². The maximum atomic E-state index is 11.0. The molecule has 174 valence electrons. The van der Waals surface area contributed by atoms with E-state index in [1.165, 1.54) is 5.57 Å². The summed E-state index contributed by atoms with van der Waals surface area (Å²) < 4.78 is 70.1. The number of fused-ring (bicyclic) bond motifs is 1. The number of hydrogen-bond acceptors (Lipinski definition) is 3. The molecule has 0 aromatic heterocycles. The van der Waals surface area contributed by atoms with Gasteiger partial charge in [0, 0.05) is 24.7 Å². The molecule has 0 unspecified atom stereocenters. The van der Waals surface area contributed by atoms with Crippen LogP contribution >= 0.6 is 0 Å². The van der Waals surface area contributed by atoms with Gasteiger partial charge in [-0.15, -0.1) is 0 Å². The summed E-state index contributed by atoms with van der Waals surface area (Å²) in [6.45, 7) is -1.77. The lowest BCUT2D eigenvalue weighted by Crippen LogP contribution is -2.35. The minimum Gasteiger partial charge on any atom is -0.393 e. The third kappa shape index (κ3) is 5.26. The summed E-state index contributed by atoms with van der Waals surface area (Å²) in [5.74, 6) is -1.86. The van der Waals surface area contributed by atoms with Crippen molar-refractivity contribution in [3.05, 3.63) is 47.6 Å². The van der Waals surface area contributed by atoms with Crippen LogP contribution in [0.3, 0.4) is 0 Å². The molecule has 7 atom stereocenters. The van der Waals surface area contributed by atoms with Crippen LogP contribution in [0.25, 0.3) is 0 Å². The Balaban J connectivity index is 1.88. The van der Waals surface area contributed by atoms with Gasteiger partial charge in [0.25, 0.3) is 0 Å². The second-order valence-electron chi connectivity index (χ2n) is 10.2. The molecule has 3 fully saturated rings. The Kier molecular flexibility index (Phi) is 4.50. The van der Waals surface area contributed by atoms with E-state index in [-0.39, 0.29) is 23.2 Å². The number of allylic oxidation sites excluding steroid dienone is 4. The van der Waals surface area contributed by atoms with E-state index in [0.717, 1.165) is 43.8 Å². The first-order valence-electron chi connectivity index (χ1n) is 16.0. The van der Waals surface area contributed by atoms with E-state index in [9.17, 15) is 15.3 Å². The number of hydrogen-bond donors (Lipinski definition) is 3. The maximum absolute atomic E-state index is 11.0. The molecule has 0 aliphatic heterocycles. The molecular formula is C28H44O3. The molecule has 3 aliphatic carbocycles. The lowest BCUT2D eigenvalue weighted by molar-refractivity contribution is 0.0436.